The monoisotopic (exact) mass is 327 g/mol. The molecule has 1 aliphatic rings. The van der Waals surface area contributed by atoms with Crippen molar-refractivity contribution in [1.82, 2.24) is 15.5 Å². The zero-order valence-corrected chi connectivity index (χ0v) is 11.5. The van der Waals surface area contributed by atoms with Crippen molar-refractivity contribution in [1.29, 1.82) is 0 Å². The first-order valence-corrected chi connectivity index (χ1v) is 6.64. The van der Waals surface area contributed by atoms with Crippen LogP contribution in [0.3, 0.4) is 0 Å². The molecular weight excluding hydrogens is 317 g/mol. The molecule has 0 radical (unpaired) electrons. The van der Waals surface area contributed by atoms with E-state index >= 15 is 0 Å². The molecule has 0 saturated carbocycles. The van der Waals surface area contributed by atoms with Crippen molar-refractivity contribution in [3.8, 4) is 11.5 Å². The number of rotatable bonds is 2. The van der Waals surface area contributed by atoms with E-state index in [1.54, 1.807) is 12.1 Å². The zero-order valence-electron chi connectivity index (χ0n) is 9.90. The van der Waals surface area contributed by atoms with Crippen LogP contribution in [0, 0.1) is 5.82 Å². The van der Waals surface area contributed by atoms with Gasteiger partial charge in [0.05, 0.1) is 24.8 Å². The Morgan fingerprint density at radius 2 is 2.32 bits per heavy atom. The van der Waals surface area contributed by atoms with Gasteiger partial charge in [0.15, 0.2) is 5.82 Å². The number of hydrogen-bond donors (Lipinski definition) is 1. The summed E-state index contributed by atoms with van der Waals surface area (Å²) in [5.41, 5.74) is 0.276. The fourth-order valence-corrected chi connectivity index (χ4v) is 2.42. The molecule has 0 spiro atoms. The van der Waals surface area contributed by atoms with Gasteiger partial charge in [-0.2, -0.15) is 4.98 Å². The minimum absolute atomic E-state index is 0.114. The molecule has 1 unspecified atom stereocenters. The fraction of sp³-hybridized carbons (Fsp3) is 0.333. The van der Waals surface area contributed by atoms with Crippen molar-refractivity contribution >= 4 is 15.9 Å². The Hall–Kier alpha value is -1.31. The average molecular weight is 328 g/mol. The van der Waals surface area contributed by atoms with Gasteiger partial charge in [-0.15, -0.1) is 0 Å². The van der Waals surface area contributed by atoms with E-state index in [0.29, 0.717) is 23.5 Å². The molecule has 2 heterocycles. The van der Waals surface area contributed by atoms with Crippen LogP contribution >= 0.6 is 15.9 Å². The minimum atomic E-state index is -0.405. The van der Waals surface area contributed by atoms with Crippen LogP contribution in [-0.4, -0.2) is 29.9 Å². The number of benzene rings is 1. The number of hydrogen-bond acceptors (Lipinski definition) is 5. The van der Waals surface area contributed by atoms with E-state index in [1.165, 1.54) is 6.07 Å². The highest BCUT2D eigenvalue weighted by atomic mass is 79.9. The Kier molecular flexibility index (Phi) is 3.58. The van der Waals surface area contributed by atoms with Crippen LogP contribution in [-0.2, 0) is 4.74 Å². The molecule has 1 aromatic heterocycles. The third-order valence-electron chi connectivity index (χ3n) is 2.85. The Labute approximate surface area is 117 Å². The van der Waals surface area contributed by atoms with Crippen LogP contribution in [0.25, 0.3) is 11.5 Å². The lowest BCUT2D eigenvalue weighted by molar-refractivity contribution is 0.0734. The first-order chi connectivity index (χ1) is 9.25. The standard InChI is InChI=1S/C12H11BrFN3O2/c13-7-2-1-3-8(14)10(7)12-16-11(17-19-12)9-6-18-5-4-15-9/h1-3,9,15H,4-6H2. The molecule has 1 fully saturated rings. The van der Waals surface area contributed by atoms with Crippen molar-refractivity contribution in [2.24, 2.45) is 0 Å². The molecule has 7 heteroatoms. The summed E-state index contributed by atoms with van der Waals surface area (Å²) in [5, 5.41) is 7.10. The van der Waals surface area contributed by atoms with E-state index in [-0.39, 0.29) is 17.5 Å². The van der Waals surface area contributed by atoms with Gasteiger partial charge in [0.2, 0.25) is 0 Å². The normalized spacial score (nSPS) is 19.6. The van der Waals surface area contributed by atoms with Gasteiger partial charge in [-0.25, -0.2) is 4.39 Å². The van der Waals surface area contributed by atoms with E-state index in [0.717, 1.165) is 6.54 Å². The van der Waals surface area contributed by atoms with Gasteiger partial charge in [-0.1, -0.05) is 11.2 Å². The molecular formula is C12H11BrFN3O2. The summed E-state index contributed by atoms with van der Waals surface area (Å²) in [6.07, 6.45) is 0. The van der Waals surface area contributed by atoms with Crippen molar-refractivity contribution in [2.75, 3.05) is 19.8 Å². The van der Waals surface area contributed by atoms with Crippen LogP contribution in [0.1, 0.15) is 11.9 Å². The van der Waals surface area contributed by atoms with Crippen molar-refractivity contribution in [3.63, 3.8) is 0 Å². The van der Waals surface area contributed by atoms with Gasteiger partial charge >= 0.3 is 0 Å². The summed E-state index contributed by atoms with van der Waals surface area (Å²) in [6.45, 7) is 1.88. The Bertz CT molecular complexity index is 564. The van der Waals surface area contributed by atoms with Crippen LogP contribution in [0.15, 0.2) is 27.2 Å². The highest BCUT2D eigenvalue weighted by molar-refractivity contribution is 9.10. The third-order valence-corrected chi connectivity index (χ3v) is 3.51. The number of halogens is 2. The molecule has 1 aromatic carbocycles. The van der Waals surface area contributed by atoms with Crippen LogP contribution in [0.5, 0.6) is 0 Å². The Morgan fingerprint density at radius 3 is 3.05 bits per heavy atom. The van der Waals surface area contributed by atoms with Crippen LogP contribution < -0.4 is 5.32 Å². The maximum absolute atomic E-state index is 13.8. The maximum atomic E-state index is 13.8. The summed E-state index contributed by atoms with van der Waals surface area (Å²) in [7, 11) is 0. The van der Waals surface area contributed by atoms with Gasteiger partial charge in [0.1, 0.15) is 5.82 Å². The van der Waals surface area contributed by atoms with Gasteiger partial charge in [-0.05, 0) is 28.1 Å². The SMILES string of the molecule is Fc1cccc(Br)c1-c1nc(C2COCCN2)no1. The van der Waals surface area contributed by atoms with Gasteiger partial charge in [-0.3, -0.25) is 0 Å². The van der Waals surface area contributed by atoms with Gasteiger partial charge < -0.3 is 14.6 Å². The number of ether oxygens (including phenoxy) is 1. The van der Waals surface area contributed by atoms with Crippen molar-refractivity contribution in [2.45, 2.75) is 6.04 Å². The summed E-state index contributed by atoms with van der Waals surface area (Å²) >= 11 is 3.28. The maximum Gasteiger partial charge on any atom is 0.262 e. The van der Waals surface area contributed by atoms with Crippen LogP contribution in [0.2, 0.25) is 0 Å². The molecule has 1 aliphatic heterocycles. The largest absolute Gasteiger partial charge is 0.378 e. The third kappa shape index (κ3) is 2.54. The number of nitrogens with one attached hydrogen (secondary N) is 1. The van der Waals surface area contributed by atoms with E-state index in [1.807, 2.05) is 0 Å². The fourth-order valence-electron chi connectivity index (χ4n) is 1.91. The number of aromatic nitrogens is 2. The lowest BCUT2D eigenvalue weighted by Gasteiger charge is -2.20. The molecule has 0 amide bonds. The second kappa shape index (κ2) is 5.36. The highest BCUT2D eigenvalue weighted by Gasteiger charge is 2.23. The van der Waals surface area contributed by atoms with Gasteiger partial charge in [0, 0.05) is 11.0 Å². The summed E-state index contributed by atoms with van der Waals surface area (Å²) < 4.78 is 24.8. The highest BCUT2D eigenvalue weighted by Crippen LogP contribution is 2.30. The van der Waals surface area contributed by atoms with Gasteiger partial charge in [0.25, 0.3) is 5.89 Å². The lowest BCUT2D eigenvalue weighted by atomic mass is 10.2. The minimum Gasteiger partial charge on any atom is -0.378 e. The predicted molar refractivity (Wildman–Crippen MR) is 69.0 cm³/mol. The summed E-state index contributed by atoms with van der Waals surface area (Å²) in [5.74, 6) is 0.231. The number of nitrogens with zero attached hydrogens (tertiary/aromatic N) is 2. The second-order valence-electron chi connectivity index (χ2n) is 4.14. The van der Waals surface area contributed by atoms with E-state index in [9.17, 15) is 4.39 Å². The molecule has 100 valence electrons. The van der Waals surface area contributed by atoms with E-state index in [2.05, 4.69) is 31.4 Å². The second-order valence-corrected chi connectivity index (χ2v) is 4.99. The average Bonchev–Trinajstić information content (AvgIpc) is 2.89. The summed E-state index contributed by atoms with van der Waals surface area (Å²) in [6, 6.07) is 4.57. The van der Waals surface area contributed by atoms with E-state index < -0.39 is 5.82 Å². The van der Waals surface area contributed by atoms with Crippen LogP contribution in [0.4, 0.5) is 4.39 Å². The molecule has 1 atom stereocenters. The smallest absolute Gasteiger partial charge is 0.262 e. The molecule has 1 saturated heterocycles. The van der Waals surface area contributed by atoms with E-state index in [4.69, 9.17) is 9.26 Å². The first kappa shape index (κ1) is 12.7. The predicted octanol–water partition coefficient (Wildman–Crippen LogP) is 2.30. The quantitative estimate of drug-likeness (QED) is 0.917. The van der Waals surface area contributed by atoms with Crippen molar-refractivity contribution in [3.05, 3.63) is 34.3 Å². The molecule has 1 N–H and O–H groups in total. The Morgan fingerprint density at radius 1 is 1.42 bits per heavy atom. The lowest BCUT2D eigenvalue weighted by Crippen LogP contribution is -2.35. The topological polar surface area (TPSA) is 60.2 Å². The number of morpholine rings is 1. The molecule has 3 rings (SSSR count). The summed E-state index contributed by atoms with van der Waals surface area (Å²) in [4.78, 5) is 4.24. The molecule has 0 aliphatic carbocycles. The molecule has 2 aromatic rings. The Balaban J connectivity index is 1.92. The molecule has 19 heavy (non-hydrogen) atoms. The molecule has 5 nitrogen and oxygen atoms in total. The molecule has 0 bridgehead atoms. The van der Waals surface area contributed by atoms with Crippen molar-refractivity contribution < 1.29 is 13.7 Å². The zero-order chi connectivity index (χ0) is 13.2. The first-order valence-electron chi connectivity index (χ1n) is 5.85.